The average Bonchev–Trinajstić information content (AvgIpc) is 3.01. The van der Waals surface area contributed by atoms with Crippen molar-refractivity contribution in [2.75, 3.05) is 5.32 Å². The Hall–Kier alpha value is -3.62. The van der Waals surface area contributed by atoms with Crippen molar-refractivity contribution in [2.45, 2.75) is 32.0 Å². The minimum Gasteiger partial charge on any atom is -0.339 e. The van der Waals surface area contributed by atoms with Crippen LogP contribution in [0, 0.1) is 13.8 Å². The van der Waals surface area contributed by atoms with E-state index in [1.54, 1.807) is 32.2 Å². The number of benzene rings is 2. The topological polar surface area (TPSA) is 76.0 Å². The van der Waals surface area contributed by atoms with Gasteiger partial charge in [0.15, 0.2) is 0 Å². The van der Waals surface area contributed by atoms with Crippen molar-refractivity contribution in [3.8, 4) is 0 Å². The molecule has 4 rings (SSSR count). The minimum atomic E-state index is -4.48. The Labute approximate surface area is 182 Å². The van der Waals surface area contributed by atoms with E-state index < -0.39 is 35.5 Å². The summed E-state index contributed by atoms with van der Waals surface area (Å²) in [6.45, 7) is 3.60. The van der Waals surface area contributed by atoms with E-state index in [0.29, 0.717) is 28.2 Å². The highest BCUT2D eigenvalue weighted by Crippen LogP contribution is 2.40. The number of nitrogens with zero attached hydrogens (tertiary/aromatic N) is 2. The number of hydrogen-bond acceptors (Lipinski definition) is 3. The van der Waals surface area contributed by atoms with Crippen LogP contribution in [0.3, 0.4) is 0 Å². The number of nitrogens with one attached hydrogen (secondary N) is 2. The fraction of sp³-hybridized carbons (Fsp3) is 0.261. The fourth-order valence-corrected chi connectivity index (χ4v) is 4.11. The molecular weight excluding hydrogens is 421 g/mol. The van der Waals surface area contributed by atoms with E-state index in [-0.39, 0.29) is 0 Å². The van der Waals surface area contributed by atoms with Crippen molar-refractivity contribution in [2.24, 2.45) is 7.05 Å². The average molecular weight is 442 g/mol. The maximum Gasteiger partial charge on any atom is 0.416 e. The predicted octanol–water partition coefficient (Wildman–Crippen LogP) is 3.94. The maximum atomic E-state index is 13.1. The van der Waals surface area contributed by atoms with E-state index in [4.69, 9.17) is 0 Å². The Morgan fingerprint density at radius 2 is 1.81 bits per heavy atom. The lowest BCUT2D eigenvalue weighted by atomic mass is 9.81. The smallest absolute Gasteiger partial charge is 0.339 e. The van der Waals surface area contributed by atoms with Gasteiger partial charge in [0.1, 0.15) is 11.9 Å². The van der Waals surface area contributed by atoms with Gasteiger partial charge in [-0.05, 0) is 43.7 Å². The first kappa shape index (κ1) is 21.6. The number of halogens is 3. The third-order valence-corrected chi connectivity index (χ3v) is 5.60. The lowest BCUT2D eigenvalue weighted by molar-refractivity contribution is -0.137. The van der Waals surface area contributed by atoms with Gasteiger partial charge in [0.2, 0.25) is 5.91 Å². The third kappa shape index (κ3) is 3.86. The molecule has 2 heterocycles. The summed E-state index contributed by atoms with van der Waals surface area (Å²) in [4.78, 5) is 25.9. The van der Waals surface area contributed by atoms with Crippen LogP contribution in [-0.4, -0.2) is 27.6 Å². The number of aromatic nitrogens is 2. The standard InChI is InChI=1S/C23H21F3N4O2/c1-12-5-4-6-15(11-12)21(31)27-19-18(14-7-9-16(10-8-14)23(24,25)26)17-13(2)29-30(3)20(17)28-22(19)32/h4-11,18-19H,1-3H3,(H,27,31)(H,28,32)/t18-,19+/m1/s1. The first-order valence-corrected chi connectivity index (χ1v) is 9.95. The van der Waals surface area contributed by atoms with Crippen molar-refractivity contribution in [1.82, 2.24) is 15.1 Å². The summed E-state index contributed by atoms with van der Waals surface area (Å²) in [7, 11) is 1.67. The SMILES string of the molecule is Cc1cccc(C(=O)N[C@@H]2C(=O)Nc3c(c(C)nn3C)[C@H]2c2ccc(C(F)(F)F)cc2)c1. The third-order valence-electron chi connectivity index (χ3n) is 5.60. The van der Waals surface area contributed by atoms with Gasteiger partial charge in [-0.3, -0.25) is 14.3 Å². The number of fused-ring (bicyclic) bond motifs is 1. The Morgan fingerprint density at radius 1 is 1.12 bits per heavy atom. The van der Waals surface area contributed by atoms with E-state index >= 15 is 0 Å². The zero-order valence-electron chi connectivity index (χ0n) is 17.6. The van der Waals surface area contributed by atoms with Crippen LogP contribution in [0.25, 0.3) is 0 Å². The van der Waals surface area contributed by atoms with Crippen LogP contribution < -0.4 is 10.6 Å². The van der Waals surface area contributed by atoms with Crippen molar-refractivity contribution in [3.63, 3.8) is 0 Å². The molecule has 2 N–H and O–H groups in total. The summed E-state index contributed by atoms with van der Waals surface area (Å²) in [5.41, 5.74) is 2.22. The van der Waals surface area contributed by atoms with Gasteiger partial charge in [-0.1, -0.05) is 29.8 Å². The number of alkyl halides is 3. The van der Waals surface area contributed by atoms with Crippen molar-refractivity contribution in [3.05, 3.63) is 82.0 Å². The molecule has 9 heteroatoms. The van der Waals surface area contributed by atoms with Gasteiger partial charge < -0.3 is 10.6 Å². The first-order valence-electron chi connectivity index (χ1n) is 9.95. The molecule has 32 heavy (non-hydrogen) atoms. The van der Waals surface area contributed by atoms with Crippen LogP contribution >= 0.6 is 0 Å². The summed E-state index contributed by atoms with van der Waals surface area (Å²) in [5.74, 6) is -1.16. The molecule has 0 aliphatic carbocycles. The van der Waals surface area contributed by atoms with Gasteiger partial charge in [0.05, 0.1) is 11.3 Å². The highest BCUT2D eigenvalue weighted by molar-refractivity contribution is 6.04. The Balaban J connectivity index is 1.78. The summed E-state index contributed by atoms with van der Waals surface area (Å²) < 4.78 is 40.7. The van der Waals surface area contributed by atoms with E-state index in [2.05, 4.69) is 15.7 Å². The van der Waals surface area contributed by atoms with E-state index in [1.165, 1.54) is 16.8 Å². The number of rotatable bonds is 3. The molecule has 2 atom stereocenters. The van der Waals surface area contributed by atoms with Crippen LogP contribution in [0.5, 0.6) is 0 Å². The van der Waals surface area contributed by atoms with Gasteiger partial charge in [0.25, 0.3) is 5.91 Å². The lowest BCUT2D eigenvalue weighted by Gasteiger charge is -2.32. The molecule has 0 saturated carbocycles. The molecule has 0 unspecified atom stereocenters. The number of anilines is 1. The van der Waals surface area contributed by atoms with Crippen LogP contribution in [0.4, 0.5) is 19.0 Å². The zero-order chi connectivity index (χ0) is 23.2. The van der Waals surface area contributed by atoms with Gasteiger partial charge in [-0.2, -0.15) is 18.3 Å². The fourth-order valence-electron chi connectivity index (χ4n) is 4.11. The van der Waals surface area contributed by atoms with E-state index in [0.717, 1.165) is 17.7 Å². The highest BCUT2D eigenvalue weighted by Gasteiger charge is 2.41. The molecule has 1 aliphatic heterocycles. The van der Waals surface area contributed by atoms with Gasteiger partial charge >= 0.3 is 6.18 Å². The molecule has 2 aromatic carbocycles. The molecular formula is C23H21F3N4O2. The molecule has 166 valence electrons. The second-order valence-electron chi connectivity index (χ2n) is 7.88. The molecule has 1 aromatic heterocycles. The zero-order valence-corrected chi connectivity index (χ0v) is 17.6. The van der Waals surface area contributed by atoms with E-state index in [1.807, 2.05) is 13.0 Å². The van der Waals surface area contributed by atoms with E-state index in [9.17, 15) is 22.8 Å². The predicted molar refractivity (Wildman–Crippen MR) is 112 cm³/mol. The molecule has 0 saturated heterocycles. The number of aryl methyl sites for hydroxylation is 3. The van der Waals surface area contributed by atoms with Gasteiger partial charge in [0, 0.05) is 24.1 Å². The molecule has 0 bridgehead atoms. The summed E-state index contributed by atoms with van der Waals surface area (Å²) >= 11 is 0. The number of amides is 2. The quantitative estimate of drug-likeness (QED) is 0.645. The van der Waals surface area contributed by atoms with Crippen molar-refractivity contribution in [1.29, 1.82) is 0 Å². The number of carbonyl (C=O) groups is 2. The second-order valence-corrected chi connectivity index (χ2v) is 7.88. The first-order chi connectivity index (χ1) is 15.1. The summed E-state index contributed by atoms with van der Waals surface area (Å²) in [5, 5.41) is 9.89. The molecule has 0 radical (unpaired) electrons. The van der Waals surface area contributed by atoms with Gasteiger partial charge in [-0.15, -0.1) is 0 Å². The van der Waals surface area contributed by atoms with Crippen LogP contribution in [-0.2, 0) is 18.0 Å². The largest absolute Gasteiger partial charge is 0.416 e. The normalized spacial score (nSPS) is 18.1. The molecule has 0 fully saturated rings. The van der Waals surface area contributed by atoms with Crippen LogP contribution in [0.2, 0.25) is 0 Å². The minimum absolute atomic E-state index is 0.387. The van der Waals surface area contributed by atoms with Crippen molar-refractivity contribution >= 4 is 17.6 Å². The molecule has 0 spiro atoms. The second kappa shape index (κ2) is 7.81. The van der Waals surface area contributed by atoms with Crippen LogP contribution in [0.15, 0.2) is 48.5 Å². The maximum absolute atomic E-state index is 13.1. The van der Waals surface area contributed by atoms with Crippen molar-refractivity contribution < 1.29 is 22.8 Å². The monoisotopic (exact) mass is 442 g/mol. The molecule has 3 aromatic rings. The Bertz CT molecular complexity index is 1200. The Kier molecular flexibility index (Phi) is 5.28. The lowest BCUT2D eigenvalue weighted by Crippen LogP contribution is -2.50. The number of hydrogen-bond donors (Lipinski definition) is 2. The van der Waals surface area contributed by atoms with Crippen LogP contribution in [0.1, 0.15) is 44.2 Å². The molecule has 6 nitrogen and oxygen atoms in total. The molecule has 1 aliphatic rings. The highest BCUT2D eigenvalue weighted by atomic mass is 19.4. The Morgan fingerprint density at radius 3 is 2.44 bits per heavy atom. The number of carbonyl (C=O) groups excluding carboxylic acids is 2. The summed E-state index contributed by atoms with van der Waals surface area (Å²) in [6.07, 6.45) is -4.48. The van der Waals surface area contributed by atoms with Gasteiger partial charge in [-0.25, -0.2) is 0 Å². The summed E-state index contributed by atoms with van der Waals surface area (Å²) in [6, 6.07) is 10.5. The molecule has 2 amide bonds.